The van der Waals surface area contributed by atoms with E-state index in [1.807, 2.05) is 0 Å². The van der Waals surface area contributed by atoms with Gasteiger partial charge in [0.15, 0.2) is 0 Å². The molecule has 0 bridgehead atoms. The van der Waals surface area contributed by atoms with E-state index in [2.05, 4.69) is 9.98 Å². The molecule has 0 aromatic heterocycles. The number of aliphatic imine (C=N–C) groups is 2. The van der Waals surface area contributed by atoms with Gasteiger partial charge in [-0.15, -0.1) is 0 Å². The van der Waals surface area contributed by atoms with Crippen molar-refractivity contribution in [2.24, 2.45) is 9.98 Å². The van der Waals surface area contributed by atoms with E-state index < -0.39 is 15.3 Å². The van der Waals surface area contributed by atoms with E-state index in [0.717, 1.165) is 0 Å². The standard InChI is InChI=1S/C19H22N2O4.3C2H3N.Er.3NO3.Ni/c1-24-16-8-3-6-14(18(16)22)12-20-10-5-11-21-13-15-7-4-9-17(25-2)19(15)23;3*1-2-3;;3*2-1(3)4;/h3-4,6-9,12-13,22-23H,5,10-11H2,1-2H3;3*1H3;;;;;/q;;;;+3;3*-1;+2/p-2. The van der Waals surface area contributed by atoms with Crippen LogP contribution in [0.5, 0.6) is 23.0 Å². The van der Waals surface area contributed by atoms with Crippen molar-refractivity contribution < 1.29 is 88.7 Å². The normalized spacial score (nSPS) is 7.88. The first-order valence-electron chi connectivity index (χ1n) is 11.7. The van der Waals surface area contributed by atoms with Crippen molar-refractivity contribution in [3.63, 3.8) is 0 Å². The summed E-state index contributed by atoms with van der Waals surface area (Å²) in [6, 6.07) is 15.4. The summed E-state index contributed by atoms with van der Waals surface area (Å²) in [5.74, 6) is 0.265. The Morgan fingerprint density at radius 1 is 0.667 bits per heavy atom. The number of hydrogen-bond acceptors (Lipinski definition) is 18. The smallest absolute Gasteiger partial charge is 0.870 e. The van der Waals surface area contributed by atoms with E-state index in [4.69, 9.17) is 71.2 Å². The van der Waals surface area contributed by atoms with Gasteiger partial charge in [-0.1, -0.05) is 35.8 Å². The summed E-state index contributed by atoms with van der Waals surface area (Å²) in [6.45, 7) is 5.37. The van der Waals surface area contributed by atoms with Gasteiger partial charge in [0.2, 0.25) is 0 Å². The average molecular weight is 876 g/mol. The third-order valence-corrected chi connectivity index (χ3v) is 3.49. The summed E-state index contributed by atoms with van der Waals surface area (Å²) >= 11 is 0. The maximum atomic E-state index is 11.9. The fourth-order valence-electron chi connectivity index (χ4n) is 2.17. The van der Waals surface area contributed by atoms with Gasteiger partial charge in [-0.05, 0) is 29.7 Å². The molecule has 0 spiro atoms. The average Bonchev–Trinajstić information content (AvgIpc) is 2.94. The third kappa shape index (κ3) is 47.7. The molecule has 21 nitrogen and oxygen atoms in total. The van der Waals surface area contributed by atoms with Crippen LogP contribution in [0, 0.1) is 117 Å². The Bertz CT molecular complexity index is 1200. The summed E-state index contributed by atoms with van der Waals surface area (Å²) in [4.78, 5) is 33.2. The number of para-hydroxylation sites is 2. The fourth-order valence-corrected chi connectivity index (χ4v) is 2.17. The quantitative estimate of drug-likeness (QED) is 0.121. The van der Waals surface area contributed by atoms with E-state index in [9.17, 15) is 10.2 Å². The molecule has 0 heterocycles. The summed E-state index contributed by atoms with van der Waals surface area (Å²) in [5, 5.41) is 90.1. The Morgan fingerprint density at radius 2 is 0.896 bits per heavy atom. The zero-order valence-corrected chi connectivity index (χ0v) is 28.6. The van der Waals surface area contributed by atoms with E-state index in [1.54, 1.807) is 67.0 Å². The molecule has 2 aromatic rings. The van der Waals surface area contributed by atoms with Gasteiger partial charge in [0, 0.05) is 46.3 Å². The van der Waals surface area contributed by atoms with Crippen LogP contribution in [-0.2, 0) is 16.5 Å². The molecule has 0 N–H and O–H groups in total. The van der Waals surface area contributed by atoms with Crippen molar-refractivity contribution in [1.29, 1.82) is 15.8 Å². The second-order valence-corrected chi connectivity index (χ2v) is 6.52. The maximum absolute atomic E-state index is 11.9. The molecule has 0 aliphatic rings. The number of methoxy groups -OCH3 is 2. The largest absolute Gasteiger partial charge is 3.00 e. The molecular formula is C25H29ErN8NiO13. The Balaban J connectivity index is -0.000000120. The topological polar surface area (TPSA) is 359 Å². The minimum absolute atomic E-state index is 0. The van der Waals surface area contributed by atoms with Crippen molar-refractivity contribution in [3.8, 4) is 41.2 Å². The molecule has 1 radical (unpaired) electrons. The summed E-state index contributed by atoms with van der Waals surface area (Å²) in [7, 11) is 2.93. The molecule has 0 unspecified atom stereocenters. The SMILES string of the molecule is CC#N.CC#N.CC#N.COc1cccc(C=NCCCN=Cc2cccc(OC)c2[O-])c1[O-].O=[N+]([O-])[O-].O=[N+]([O-])[O-].O=[N+]([O-])[O-].[Er+3].[Ni+2]. The second-order valence-electron chi connectivity index (χ2n) is 6.52. The minimum atomic E-state index is -1.75. The van der Waals surface area contributed by atoms with Crippen LogP contribution in [0.4, 0.5) is 0 Å². The molecule has 0 saturated heterocycles. The number of nitrogens with zero attached hydrogens (tertiary/aromatic N) is 8. The van der Waals surface area contributed by atoms with Gasteiger partial charge < -0.3 is 65.7 Å². The van der Waals surface area contributed by atoms with Crippen molar-refractivity contribution in [1.82, 2.24) is 0 Å². The first-order chi connectivity index (χ1) is 21.6. The predicted molar refractivity (Wildman–Crippen MR) is 159 cm³/mol. The van der Waals surface area contributed by atoms with Gasteiger partial charge in [-0.25, -0.2) is 0 Å². The molecular weight excluding hydrogens is 846 g/mol. The Labute approximate surface area is 314 Å². The van der Waals surface area contributed by atoms with Gasteiger partial charge in [0.1, 0.15) is 11.5 Å². The van der Waals surface area contributed by atoms with Crippen LogP contribution in [0.25, 0.3) is 0 Å². The Morgan fingerprint density at radius 3 is 1.10 bits per heavy atom. The first-order valence-corrected chi connectivity index (χ1v) is 11.7. The van der Waals surface area contributed by atoms with Crippen LogP contribution >= 0.6 is 0 Å². The van der Waals surface area contributed by atoms with Gasteiger partial charge in [0.25, 0.3) is 0 Å². The molecule has 48 heavy (non-hydrogen) atoms. The van der Waals surface area contributed by atoms with E-state index in [-0.39, 0.29) is 65.3 Å². The molecule has 0 aliphatic carbocycles. The molecule has 2 aromatic carbocycles. The number of rotatable bonds is 8. The molecule has 0 saturated carbocycles. The first kappa shape index (κ1) is 58.3. The van der Waals surface area contributed by atoms with Crippen molar-refractivity contribution in [2.45, 2.75) is 27.2 Å². The predicted octanol–water partition coefficient (Wildman–Crippen LogP) is 2.65. The zero-order chi connectivity index (χ0) is 36.9. The number of ether oxygens (including phenoxy) is 2. The van der Waals surface area contributed by atoms with E-state index in [1.165, 1.54) is 35.0 Å². The van der Waals surface area contributed by atoms with Crippen molar-refractivity contribution in [3.05, 3.63) is 93.5 Å². The van der Waals surface area contributed by atoms with Crippen LogP contribution in [-0.4, -0.2) is 55.0 Å². The maximum Gasteiger partial charge on any atom is 3.00 e. The third-order valence-electron chi connectivity index (χ3n) is 3.49. The molecule has 269 valence electrons. The van der Waals surface area contributed by atoms with Crippen LogP contribution in [0.2, 0.25) is 0 Å². The minimum Gasteiger partial charge on any atom is -0.870 e. The summed E-state index contributed by atoms with van der Waals surface area (Å²) in [5.41, 5.74) is 0.991. The van der Waals surface area contributed by atoms with Crippen LogP contribution in [0.15, 0.2) is 46.4 Å². The van der Waals surface area contributed by atoms with Crippen LogP contribution < -0.4 is 19.7 Å². The van der Waals surface area contributed by atoms with Gasteiger partial charge in [-0.3, -0.25) is 9.98 Å². The van der Waals surface area contributed by atoms with E-state index in [0.29, 0.717) is 42.1 Å². The van der Waals surface area contributed by atoms with Gasteiger partial charge >= 0.3 is 53.8 Å². The van der Waals surface area contributed by atoms with Crippen LogP contribution in [0.1, 0.15) is 38.3 Å². The number of benzene rings is 2. The number of nitriles is 3. The monoisotopic (exact) mass is 873 g/mol. The van der Waals surface area contributed by atoms with Gasteiger partial charge in [-0.2, -0.15) is 15.8 Å². The van der Waals surface area contributed by atoms with Crippen LogP contribution in [0.3, 0.4) is 0 Å². The fraction of sp³-hybridized carbons (Fsp3) is 0.320. The summed E-state index contributed by atoms with van der Waals surface area (Å²) < 4.78 is 9.97. The number of hydrogen-bond donors (Lipinski definition) is 0. The molecule has 0 fully saturated rings. The summed E-state index contributed by atoms with van der Waals surface area (Å²) in [6.07, 6.45) is 3.81. The van der Waals surface area contributed by atoms with Gasteiger partial charge in [0.05, 0.1) is 47.7 Å². The van der Waals surface area contributed by atoms with Crippen molar-refractivity contribution in [2.75, 3.05) is 27.3 Å². The molecule has 0 amide bonds. The van der Waals surface area contributed by atoms with E-state index >= 15 is 0 Å². The molecule has 2 rings (SSSR count). The molecule has 23 heteroatoms. The Hall–Kier alpha value is -5.21. The zero-order valence-electron chi connectivity index (χ0n) is 25.7. The molecule has 0 atom stereocenters. The molecule has 0 aliphatic heterocycles. The Kier molecular flexibility index (Phi) is 53.4. The second kappa shape index (κ2) is 43.9. The van der Waals surface area contributed by atoms with Crippen molar-refractivity contribution >= 4 is 12.4 Å².